The number of nitrogens with one attached hydrogen (secondary N) is 2. The summed E-state index contributed by atoms with van der Waals surface area (Å²) in [6, 6.07) is 24.0. The van der Waals surface area contributed by atoms with Gasteiger partial charge in [0.05, 0.1) is 16.2 Å². The number of benzene rings is 3. The third kappa shape index (κ3) is 6.60. The van der Waals surface area contributed by atoms with E-state index in [9.17, 15) is 18.0 Å². The number of carbonyl (C=O) groups is 2. The number of esters is 1. The molecule has 4 rings (SSSR count). The lowest BCUT2D eigenvalue weighted by Gasteiger charge is -2.09. The lowest BCUT2D eigenvalue weighted by atomic mass is 10.2. The smallest absolute Gasteiger partial charge is 0.338 e. The highest BCUT2D eigenvalue weighted by atomic mass is 32.2. The number of carbonyl (C=O) groups excluding carboxylic acids is 2. The van der Waals surface area contributed by atoms with Crippen LogP contribution in [0.25, 0.3) is 11.3 Å². The van der Waals surface area contributed by atoms with Gasteiger partial charge in [-0.25, -0.2) is 22.9 Å². The molecule has 0 radical (unpaired) electrons. The maximum Gasteiger partial charge on any atom is 0.338 e. The van der Waals surface area contributed by atoms with Gasteiger partial charge in [-0.05, 0) is 23.8 Å². The van der Waals surface area contributed by atoms with Crippen LogP contribution in [0.5, 0.6) is 0 Å². The average Bonchev–Trinajstić information content (AvgIpc) is 3.36. The number of amides is 1. The lowest BCUT2D eigenvalue weighted by molar-refractivity contribution is -0.119. The summed E-state index contributed by atoms with van der Waals surface area (Å²) in [5.74, 6) is -1.37. The van der Waals surface area contributed by atoms with Crippen LogP contribution in [0, 0.1) is 0 Å². The first kappa shape index (κ1) is 24.3. The minimum atomic E-state index is -3.85. The van der Waals surface area contributed by atoms with Crippen LogP contribution >= 0.6 is 11.3 Å². The Morgan fingerprint density at radius 3 is 2.37 bits per heavy atom. The van der Waals surface area contributed by atoms with Crippen molar-refractivity contribution in [1.82, 2.24) is 9.71 Å². The van der Waals surface area contributed by atoms with Crippen LogP contribution in [0.4, 0.5) is 5.13 Å². The number of aromatic nitrogens is 1. The molecule has 0 fully saturated rings. The molecule has 0 aliphatic heterocycles. The summed E-state index contributed by atoms with van der Waals surface area (Å²) in [5.41, 5.74) is 2.46. The second-order valence-electron chi connectivity index (χ2n) is 7.37. The molecular weight excluding hydrogens is 486 g/mol. The molecule has 0 atom stereocenters. The van der Waals surface area contributed by atoms with Crippen LogP contribution < -0.4 is 10.0 Å². The fourth-order valence-corrected chi connectivity index (χ4v) is 4.89. The molecule has 178 valence electrons. The number of sulfonamides is 1. The molecule has 35 heavy (non-hydrogen) atoms. The Labute approximate surface area is 206 Å². The summed E-state index contributed by atoms with van der Waals surface area (Å²) in [6.07, 6.45) is 0. The van der Waals surface area contributed by atoms with Gasteiger partial charge >= 0.3 is 5.97 Å². The molecule has 1 heterocycles. The van der Waals surface area contributed by atoms with Crippen molar-refractivity contribution in [1.29, 1.82) is 0 Å². The van der Waals surface area contributed by atoms with Gasteiger partial charge in [0.25, 0.3) is 5.91 Å². The van der Waals surface area contributed by atoms with Gasteiger partial charge < -0.3 is 4.74 Å². The first-order valence-corrected chi connectivity index (χ1v) is 12.9. The summed E-state index contributed by atoms with van der Waals surface area (Å²) < 4.78 is 32.8. The summed E-state index contributed by atoms with van der Waals surface area (Å²) in [5, 5.41) is 4.78. The third-order valence-corrected chi connectivity index (χ3v) is 7.00. The van der Waals surface area contributed by atoms with Crippen molar-refractivity contribution in [2.45, 2.75) is 11.4 Å². The molecular formula is C25H21N3O5S2. The van der Waals surface area contributed by atoms with E-state index in [1.165, 1.54) is 35.6 Å². The molecule has 8 nitrogen and oxygen atoms in total. The highest BCUT2D eigenvalue weighted by Crippen LogP contribution is 2.24. The summed E-state index contributed by atoms with van der Waals surface area (Å²) in [7, 11) is -3.85. The van der Waals surface area contributed by atoms with Crippen LogP contribution in [-0.2, 0) is 26.1 Å². The molecule has 0 bridgehead atoms. The standard InChI is InChI=1S/C25H21N3O5S2/c29-23(28-25-27-22(17-34-25)19-10-5-2-6-11-19)16-33-24(30)20-12-7-13-21(14-20)35(31,32)26-15-18-8-3-1-4-9-18/h1-14,17,26H,15-16H2,(H,27,28,29). The zero-order chi connectivity index (χ0) is 24.7. The van der Waals surface area contributed by atoms with Crippen LogP contribution in [0.15, 0.2) is 95.2 Å². The predicted molar refractivity (Wildman–Crippen MR) is 133 cm³/mol. The molecule has 0 spiro atoms. The maximum atomic E-state index is 12.6. The number of rotatable bonds is 9. The van der Waals surface area contributed by atoms with E-state index in [0.29, 0.717) is 5.13 Å². The van der Waals surface area contributed by atoms with Crippen molar-refractivity contribution in [3.05, 3.63) is 101 Å². The Morgan fingerprint density at radius 2 is 1.63 bits per heavy atom. The third-order valence-electron chi connectivity index (χ3n) is 4.84. The van der Waals surface area contributed by atoms with Gasteiger partial charge in [-0.3, -0.25) is 10.1 Å². The minimum absolute atomic E-state index is 0.0148. The van der Waals surface area contributed by atoms with E-state index in [0.717, 1.165) is 16.8 Å². The fraction of sp³-hybridized carbons (Fsp3) is 0.0800. The van der Waals surface area contributed by atoms with Gasteiger partial charge in [0.2, 0.25) is 10.0 Å². The Bertz CT molecular complexity index is 1420. The average molecular weight is 508 g/mol. The molecule has 0 aliphatic carbocycles. The van der Waals surface area contributed by atoms with Crippen LogP contribution in [-0.4, -0.2) is 31.9 Å². The molecule has 2 N–H and O–H groups in total. The maximum absolute atomic E-state index is 12.6. The number of hydrogen-bond acceptors (Lipinski definition) is 7. The summed E-state index contributed by atoms with van der Waals surface area (Å²) in [4.78, 5) is 28.9. The molecule has 0 unspecified atom stereocenters. The summed E-state index contributed by atoms with van der Waals surface area (Å²) >= 11 is 1.25. The van der Waals surface area contributed by atoms with E-state index in [-0.39, 0.29) is 17.0 Å². The van der Waals surface area contributed by atoms with E-state index in [1.54, 1.807) is 12.1 Å². The Balaban J connectivity index is 1.32. The molecule has 3 aromatic carbocycles. The molecule has 0 saturated heterocycles. The molecule has 4 aromatic rings. The first-order valence-electron chi connectivity index (χ1n) is 10.5. The van der Waals surface area contributed by atoms with Crippen molar-refractivity contribution in [3.8, 4) is 11.3 Å². The molecule has 0 saturated carbocycles. The number of anilines is 1. The van der Waals surface area contributed by atoms with Crippen molar-refractivity contribution in [3.63, 3.8) is 0 Å². The molecule has 10 heteroatoms. The van der Waals surface area contributed by atoms with E-state index in [4.69, 9.17) is 4.74 Å². The van der Waals surface area contributed by atoms with E-state index in [2.05, 4.69) is 15.0 Å². The Morgan fingerprint density at radius 1 is 0.914 bits per heavy atom. The monoisotopic (exact) mass is 507 g/mol. The highest BCUT2D eigenvalue weighted by molar-refractivity contribution is 7.89. The molecule has 0 aliphatic rings. The van der Waals surface area contributed by atoms with Gasteiger partial charge in [-0.2, -0.15) is 0 Å². The Hall–Kier alpha value is -3.86. The van der Waals surface area contributed by atoms with E-state index in [1.807, 2.05) is 53.9 Å². The van der Waals surface area contributed by atoms with Crippen molar-refractivity contribution in [2.24, 2.45) is 0 Å². The fourth-order valence-electron chi connectivity index (χ4n) is 3.09. The van der Waals surface area contributed by atoms with Crippen LogP contribution in [0.3, 0.4) is 0 Å². The topological polar surface area (TPSA) is 114 Å². The summed E-state index contributed by atoms with van der Waals surface area (Å²) in [6.45, 7) is -0.428. The molecule has 1 amide bonds. The van der Waals surface area contributed by atoms with Crippen molar-refractivity contribution in [2.75, 3.05) is 11.9 Å². The molecule has 1 aromatic heterocycles. The quantitative estimate of drug-likeness (QED) is 0.330. The second-order valence-corrected chi connectivity index (χ2v) is 9.99. The van der Waals surface area contributed by atoms with Crippen molar-refractivity contribution < 1.29 is 22.7 Å². The number of nitrogens with zero attached hydrogens (tertiary/aromatic N) is 1. The predicted octanol–water partition coefficient (Wildman–Crippen LogP) is 4.08. The largest absolute Gasteiger partial charge is 0.452 e. The zero-order valence-corrected chi connectivity index (χ0v) is 20.0. The number of ether oxygens (including phenoxy) is 1. The van der Waals surface area contributed by atoms with Gasteiger partial charge in [-0.15, -0.1) is 11.3 Å². The van der Waals surface area contributed by atoms with Crippen LogP contribution in [0.1, 0.15) is 15.9 Å². The SMILES string of the molecule is O=C(COC(=O)c1cccc(S(=O)(=O)NCc2ccccc2)c1)Nc1nc(-c2ccccc2)cs1. The van der Waals surface area contributed by atoms with Gasteiger partial charge in [0, 0.05) is 17.5 Å². The van der Waals surface area contributed by atoms with E-state index < -0.39 is 28.5 Å². The van der Waals surface area contributed by atoms with Crippen LogP contribution in [0.2, 0.25) is 0 Å². The normalized spacial score (nSPS) is 11.1. The zero-order valence-electron chi connectivity index (χ0n) is 18.4. The minimum Gasteiger partial charge on any atom is -0.452 e. The number of thiazole rings is 1. The van der Waals surface area contributed by atoms with Gasteiger partial charge in [0.1, 0.15) is 0 Å². The lowest BCUT2D eigenvalue weighted by Crippen LogP contribution is -2.24. The van der Waals surface area contributed by atoms with Crippen molar-refractivity contribution >= 4 is 38.4 Å². The Kier molecular flexibility index (Phi) is 7.66. The van der Waals surface area contributed by atoms with E-state index >= 15 is 0 Å². The first-order chi connectivity index (χ1) is 16.9. The van der Waals surface area contributed by atoms with Gasteiger partial charge in [-0.1, -0.05) is 66.7 Å². The number of hydrogen-bond donors (Lipinski definition) is 2. The highest BCUT2D eigenvalue weighted by Gasteiger charge is 2.18. The van der Waals surface area contributed by atoms with Gasteiger partial charge in [0.15, 0.2) is 11.7 Å². The second kappa shape index (κ2) is 11.0.